The van der Waals surface area contributed by atoms with Crippen LogP contribution < -0.4 is 20.9 Å². The zero-order valence-corrected chi connectivity index (χ0v) is 16.6. The van der Waals surface area contributed by atoms with E-state index in [1.807, 2.05) is 6.92 Å². The first-order valence-electron chi connectivity index (χ1n) is 8.28. The Morgan fingerprint density at radius 1 is 0.963 bits per heavy atom. The maximum absolute atomic E-state index is 12.1. The molecule has 0 atom stereocenters. The molecule has 0 aromatic heterocycles. The second-order valence-electron chi connectivity index (χ2n) is 5.63. The first kappa shape index (κ1) is 20.4. The molecule has 0 aliphatic heterocycles. The molecule has 0 saturated heterocycles. The van der Waals surface area contributed by atoms with Gasteiger partial charge in [-0.15, -0.1) is 0 Å². The summed E-state index contributed by atoms with van der Waals surface area (Å²) >= 11 is 3.30. The fourth-order valence-corrected chi connectivity index (χ4v) is 2.76. The average molecular weight is 434 g/mol. The molecule has 0 unspecified atom stereocenters. The Bertz CT molecular complexity index is 837. The van der Waals surface area contributed by atoms with Crippen LogP contribution in [-0.2, 0) is 4.79 Å². The number of nitrogens with one attached hydrogen (secondary N) is 3. The number of rotatable bonds is 6. The van der Waals surface area contributed by atoms with E-state index in [0.717, 1.165) is 6.42 Å². The standard InChI is InChI=1S/C19H20BrN3O4/c1-3-4-17(24)21-14-8-5-12(6-9-14)18(25)22-23-19(26)13-7-10-16(27-2)15(20)11-13/h5-11H,3-4H2,1-2H3,(H,21,24)(H,22,25)(H,23,26). The van der Waals surface area contributed by atoms with E-state index in [1.54, 1.807) is 42.5 Å². The molecule has 0 spiro atoms. The van der Waals surface area contributed by atoms with Crippen LogP contribution in [0.5, 0.6) is 5.75 Å². The molecule has 0 saturated carbocycles. The third kappa shape index (κ3) is 5.82. The zero-order valence-electron chi connectivity index (χ0n) is 15.0. The molecule has 0 aliphatic rings. The van der Waals surface area contributed by atoms with Crippen LogP contribution in [0.1, 0.15) is 40.5 Å². The number of hydrogen-bond acceptors (Lipinski definition) is 4. The number of carbonyl (C=O) groups is 3. The lowest BCUT2D eigenvalue weighted by atomic mass is 10.2. The van der Waals surface area contributed by atoms with Crippen molar-refractivity contribution in [1.82, 2.24) is 10.9 Å². The molecule has 0 bridgehead atoms. The van der Waals surface area contributed by atoms with E-state index in [4.69, 9.17) is 4.74 Å². The average Bonchev–Trinajstić information content (AvgIpc) is 2.66. The molecule has 142 valence electrons. The highest BCUT2D eigenvalue weighted by molar-refractivity contribution is 9.10. The van der Waals surface area contributed by atoms with Gasteiger partial charge in [-0.1, -0.05) is 6.92 Å². The summed E-state index contributed by atoms with van der Waals surface area (Å²) < 4.78 is 5.74. The first-order valence-corrected chi connectivity index (χ1v) is 9.08. The van der Waals surface area contributed by atoms with Crippen LogP contribution in [0, 0.1) is 0 Å². The van der Waals surface area contributed by atoms with Gasteiger partial charge in [0.1, 0.15) is 5.75 Å². The number of benzene rings is 2. The van der Waals surface area contributed by atoms with E-state index in [1.165, 1.54) is 7.11 Å². The van der Waals surface area contributed by atoms with Crippen LogP contribution >= 0.6 is 15.9 Å². The van der Waals surface area contributed by atoms with Gasteiger partial charge in [-0.2, -0.15) is 0 Å². The number of amides is 3. The molecule has 7 nitrogen and oxygen atoms in total. The number of hydrazine groups is 1. The molecule has 3 amide bonds. The zero-order chi connectivity index (χ0) is 19.8. The lowest BCUT2D eigenvalue weighted by molar-refractivity contribution is -0.116. The summed E-state index contributed by atoms with van der Waals surface area (Å²) in [6.45, 7) is 1.92. The third-order valence-corrected chi connectivity index (χ3v) is 4.23. The van der Waals surface area contributed by atoms with Crippen molar-refractivity contribution in [2.24, 2.45) is 0 Å². The molecule has 2 rings (SSSR count). The highest BCUT2D eigenvalue weighted by Gasteiger charge is 2.11. The van der Waals surface area contributed by atoms with E-state index in [9.17, 15) is 14.4 Å². The highest BCUT2D eigenvalue weighted by Crippen LogP contribution is 2.25. The number of carbonyl (C=O) groups excluding carboxylic acids is 3. The van der Waals surface area contributed by atoms with Crippen LogP contribution in [-0.4, -0.2) is 24.8 Å². The Labute approximate surface area is 165 Å². The van der Waals surface area contributed by atoms with Gasteiger partial charge in [0, 0.05) is 23.2 Å². The summed E-state index contributed by atoms with van der Waals surface area (Å²) in [6, 6.07) is 11.2. The predicted octanol–water partition coefficient (Wildman–Crippen LogP) is 3.27. The largest absolute Gasteiger partial charge is 0.496 e. The molecule has 2 aromatic rings. The minimum Gasteiger partial charge on any atom is -0.496 e. The molecule has 8 heteroatoms. The number of halogens is 1. The van der Waals surface area contributed by atoms with Crippen LogP contribution in [0.15, 0.2) is 46.9 Å². The monoisotopic (exact) mass is 433 g/mol. The number of anilines is 1. The second-order valence-corrected chi connectivity index (χ2v) is 6.49. The van der Waals surface area contributed by atoms with E-state index in [0.29, 0.717) is 33.5 Å². The van der Waals surface area contributed by atoms with Crippen molar-refractivity contribution in [3.63, 3.8) is 0 Å². The van der Waals surface area contributed by atoms with Gasteiger partial charge in [0.05, 0.1) is 11.6 Å². The van der Waals surface area contributed by atoms with Gasteiger partial charge in [-0.05, 0) is 64.8 Å². The fourth-order valence-electron chi connectivity index (χ4n) is 2.22. The summed E-state index contributed by atoms with van der Waals surface area (Å²) in [5.74, 6) is -0.410. The van der Waals surface area contributed by atoms with Gasteiger partial charge >= 0.3 is 0 Å². The topological polar surface area (TPSA) is 96.5 Å². The number of hydrogen-bond donors (Lipinski definition) is 3. The van der Waals surface area contributed by atoms with Crippen molar-refractivity contribution in [3.8, 4) is 5.75 Å². The van der Waals surface area contributed by atoms with Crippen molar-refractivity contribution >= 4 is 39.3 Å². The van der Waals surface area contributed by atoms with Crippen LogP contribution in [0.2, 0.25) is 0 Å². The van der Waals surface area contributed by atoms with E-state index in [-0.39, 0.29) is 5.91 Å². The van der Waals surface area contributed by atoms with Crippen molar-refractivity contribution in [2.75, 3.05) is 12.4 Å². The maximum Gasteiger partial charge on any atom is 0.269 e. The summed E-state index contributed by atoms with van der Waals surface area (Å²) in [5.41, 5.74) is 6.02. The van der Waals surface area contributed by atoms with Crippen LogP contribution in [0.4, 0.5) is 5.69 Å². The molecule has 0 fully saturated rings. The Morgan fingerprint density at radius 3 is 2.11 bits per heavy atom. The van der Waals surface area contributed by atoms with Crippen LogP contribution in [0.25, 0.3) is 0 Å². The lowest BCUT2D eigenvalue weighted by Gasteiger charge is -2.10. The quantitative estimate of drug-likeness (QED) is 0.608. The van der Waals surface area contributed by atoms with Gasteiger partial charge in [-0.3, -0.25) is 25.2 Å². The summed E-state index contributed by atoms with van der Waals surface area (Å²) in [5, 5.41) is 2.74. The molecule has 0 aliphatic carbocycles. The van der Waals surface area contributed by atoms with Crippen molar-refractivity contribution in [3.05, 3.63) is 58.1 Å². The molecule has 3 N–H and O–H groups in total. The Balaban J connectivity index is 1.92. The van der Waals surface area contributed by atoms with Gasteiger partial charge in [0.25, 0.3) is 11.8 Å². The second kappa shape index (κ2) is 9.72. The summed E-state index contributed by atoms with van der Waals surface area (Å²) in [4.78, 5) is 35.8. The number of ether oxygens (including phenoxy) is 1. The molecular weight excluding hydrogens is 414 g/mol. The predicted molar refractivity (Wildman–Crippen MR) is 106 cm³/mol. The number of methoxy groups -OCH3 is 1. The maximum atomic E-state index is 12.1. The normalized spacial score (nSPS) is 10.0. The Kier molecular flexibility index (Phi) is 7.36. The molecule has 0 radical (unpaired) electrons. The molecule has 27 heavy (non-hydrogen) atoms. The minimum atomic E-state index is -0.470. The lowest BCUT2D eigenvalue weighted by Crippen LogP contribution is -2.41. The van der Waals surface area contributed by atoms with Crippen molar-refractivity contribution in [2.45, 2.75) is 19.8 Å². The van der Waals surface area contributed by atoms with Gasteiger partial charge in [0.2, 0.25) is 5.91 Å². The molecule has 0 heterocycles. The van der Waals surface area contributed by atoms with Crippen molar-refractivity contribution < 1.29 is 19.1 Å². The molecule has 2 aromatic carbocycles. The van der Waals surface area contributed by atoms with Gasteiger partial charge in [-0.25, -0.2) is 0 Å². The SMILES string of the molecule is CCCC(=O)Nc1ccc(C(=O)NNC(=O)c2ccc(OC)c(Br)c2)cc1. The van der Waals surface area contributed by atoms with Gasteiger partial charge in [0.15, 0.2) is 0 Å². The van der Waals surface area contributed by atoms with E-state index >= 15 is 0 Å². The van der Waals surface area contributed by atoms with Gasteiger partial charge < -0.3 is 10.1 Å². The molecular formula is C19H20BrN3O4. The Hall–Kier alpha value is -2.87. The Morgan fingerprint density at radius 2 is 1.56 bits per heavy atom. The first-order chi connectivity index (χ1) is 12.9. The van der Waals surface area contributed by atoms with Crippen LogP contribution in [0.3, 0.4) is 0 Å². The van der Waals surface area contributed by atoms with E-state index < -0.39 is 11.8 Å². The highest BCUT2D eigenvalue weighted by atomic mass is 79.9. The fraction of sp³-hybridized carbons (Fsp3) is 0.211. The summed E-state index contributed by atoms with van der Waals surface area (Å²) in [7, 11) is 1.53. The smallest absolute Gasteiger partial charge is 0.269 e. The summed E-state index contributed by atoms with van der Waals surface area (Å²) in [6.07, 6.45) is 1.20. The van der Waals surface area contributed by atoms with E-state index in [2.05, 4.69) is 32.1 Å². The minimum absolute atomic E-state index is 0.0763. The third-order valence-electron chi connectivity index (χ3n) is 3.61. The van der Waals surface area contributed by atoms with Crippen molar-refractivity contribution in [1.29, 1.82) is 0 Å².